The molecule has 3 rings (SSSR count). The van der Waals surface area contributed by atoms with E-state index in [9.17, 15) is 41.0 Å². The van der Waals surface area contributed by atoms with E-state index in [1.807, 2.05) is 0 Å². The van der Waals surface area contributed by atoms with Crippen LogP contribution in [0.1, 0.15) is 60.3 Å². The van der Waals surface area contributed by atoms with Crippen LogP contribution in [-0.4, -0.2) is 63.4 Å². The number of carbonyl (C=O) groups is 3. The Balaban J connectivity index is 0.00000216. The van der Waals surface area contributed by atoms with Crippen LogP contribution in [0.25, 0.3) is 0 Å². The number of amides is 2. The number of alkyl halides is 5. The van der Waals surface area contributed by atoms with E-state index in [-0.39, 0.29) is 42.1 Å². The summed E-state index contributed by atoms with van der Waals surface area (Å²) in [6, 6.07) is 6.94. The van der Waals surface area contributed by atoms with E-state index in [0.717, 1.165) is 6.92 Å². The van der Waals surface area contributed by atoms with Gasteiger partial charge in [0.05, 0.1) is 26.4 Å². The van der Waals surface area contributed by atoms with Gasteiger partial charge in [0.2, 0.25) is 5.92 Å². The van der Waals surface area contributed by atoms with E-state index < -0.39 is 74.7 Å². The van der Waals surface area contributed by atoms with Crippen molar-refractivity contribution in [2.24, 2.45) is 10.1 Å². The summed E-state index contributed by atoms with van der Waals surface area (Å²) in [4.78, 5) is 39.0. The zero-order chi connectivity index (χ0) is 33.7. The number of halogens is 5. The summed E-state index contributed by atoms with van der Waals surface area (Å²) in [5, 5.41) is 18.9. The van der Waals surface area contributed by atoms with Gasteiger partial charge in [-0.3, -0.25) is 14.4 Å². The monoisotopic (exact) mass is 646 g/mol. The van der Waals surface area contributed by atoms with Gasteiger partial charge in [0.15, 0.2) is 5.69 Å². The fraction of sp³-hybridized carbons (Fsp3) is 0.444. The Hall–Kier alpha value is -4.17. The van der Waals surface area contributed by atoms with Crippen molar-refractivity contribution in [2.75, 3.05) is 29.6 Å². The van der Waals surface area contributed by atoms with Crippen LogP contribution in [0, 0.1) is 18.3 Å². The second kappa shape index (κ2) is 13.6. The number of nitrogens with one attached hydrogen (secondary N) is 1. The van der Waals surface area contributed by atoms with Gasteiger partial charge in [-0.15, -0.1) is 0 Å². The number of nitriles is 1. The predicted molar refractivity (Wildman–Crippen MR) is 151 cm³/mol. The average Bonchev–Trinajstić information content (AvgIpc) is 3.07. The van der Waals surface area contributed by atoms with Crippen LogP contribution in [0.4, 0.5) is 33.5 Å². The first kappa shape index (κ1) is 36.0. The van der Waals surface area contributed by atoms with E-state index in [2.05, 4.69) is 14.7 Å². The number of aromatic nitrogens is 1. The van der Waals surface area contributed by atoms with E-state index in [1.54, 1.807) is 0 Å². The number of nitrogens with two attached hydrogens (primary N) is 1. The van der Waals surface area contributed by atoms with Gasteiger partial charge in [-0.05, 0) is 51.0 Å². The van der Waals surface area contributed by atoms with Gasteiger partial charge >= 0.3 is 6.18 Å². The van der Waals surface area contributed by atoms with Gasteiger partial charge in [0.25, 0.3) is 18.3 Å². The topological polar surface area (TPSA) is 179 Å². The molecule has 0 bridgehead atoms. The van der Waals surface area contributed by atoms with E-state index in [0.29, 0.717) is 0 Å². The lowest BCUT2D eigenvalue weighted by molar-refractivity contribution is -0.141. The van der Waals surface area contributed by atoms with Crippen LogP contribution >= 0.6 is 0 Å². The lowest BCUT2D eigenvalue weighted by Gasteiger charge is -2.27. The minimum Gasteiger partial charge on any atom is -0.483 e. The maximum atomic E-state index is 14.0. The molecule has 1 aliphatic rings. The molecule has 240 valence electrons. The van der Waals surface area contributed by atoms with Gasteiger partial charge < -0.3 is 21.1 Å². The molecule has 44 heavy (non-hydrogen) atoms. The zero-order valence-electron chi connectivity index (χ0n) is 24.2. The molecule has 1 saturated heterocycles. The number of pyridine rings is 1. The van der Waals surface area contributed by atoms with Crippen molar-refractivity contribution >= 4 is 39.5 Å². The molecule has 0 unspecified atom stereocenters. The molecule has 0 aliphatic carbocycles. The van der Waals surface area contributed by atoms with Crippen LogP contribution in [-0.2, 0) is 25.5 Å². The molecule has 1 atom stereocenters. The fourth-order valence-electron chi connectivity index (χ4n) is 4.14. The van der Waals surface area contributed by atoms with Crippen molar-refractivity contribution < 1.29 is 45.7 Å². The maximum absolute atomic E-state index is 14.0. The van der Waals surface area contributed by atoms with Gasteiger partial charge in [0, 0.05) is 42.8 Å². The summed E-state index contributed by atoms with van der Waals surface area (Å²) in [6.45, 7) is 3.22. The van der Waals surface area contributed by atoms with Crippen molar-refractivity contribution in [1.82, 2.24) is 4.98 Å². The first-order chi connectivity index (χ1) is 20.2. The number of rotatable bonds is 5. The molecule has 4 N–H and O–H groups in total. The van der Waals surface area contributed by atoms with Crippen LogP contribution in [0.2, 0.25) is 0 Å². The van der Waals surface area contributed by atoms with E-state index >= 15 is 0 Å². The zero-order valence-corrected chi connectivity index (χ0v) is 25.0. The van der Waals surface area contributed by atoms with E-state index in [4.69, 9.17) is 15.6 Å². The summed E-state index contributed by atoms with van der Waals surface area (Å²) >= 11 is 0. The molecular weight excluding hydrogens is 615 g/mol. The number of benzene rings is 1. The molecule has 1 fully saturated rings. The van der Waals surface area contributed by atoms with Crippen LogP contribution in [0.5, 0.6) is 0 Å². The highest BCUT2D eigenvalue weighted by atomic mass is 32.2. The number of hydrogen-bond acceptors (Lipinski definition) is 8. The molecule has 2 amide bonds. The van der Waals surface area contributed by atoms with Gasteiger partial charge in [0.1, 0.15) is 11.9 Å². The minimum absolute atomic E-state index is 0.0443. The number of hydrogen-bond donors (Lipinski definition) is 3. The summed E-state index contributed by atoms with van der Waals surface area (Å²) < 4.78 is 86.5. The summed E-state index contributed by atoms with van der Waals surface area (Å²) in [5.41, 5.74) is 1.26. The third kappa shape index (κ3) is 8.92. The molecule has 17 heteroatoms. The van der Waals surface area contributed by atoms with Crippen LogP contribution in [0.15, 0.2) is 33.5 Å². The molecular formula is C27H31F5N6O5S. The SMILES string of the molecule is Cc1c(C#N)c(C(F)(F)F)nc(N2CCCC(F)(F)CC2)c1C(=O)Nc1cccc([S@@](C)(=O)=NC(=O)C(C)(C)N)c1.O=CO. The number of carboxylic acid groups (broad SMARTS) is 1. The Kier molecular flexibility index (Phi) is 11.2. The van der Waals surface area contributed by atoms with Crippen molar-refractivity contribution in [3.8, 4) is 6.07 Å². The van der Waals surface area contributed by atoms with Crippen LogP contribution in [0.3, 0.4) is 0 Å². The first-order valence-corrected chi connectivity index (χ1v) is 14.8. The Morgan fingerprint density at radius 3 is 2.41 bits per heavy atom. The second-order valence-corrected chi connectivity index (χ2v) is 12.7. The summed E-state index contributed by atoms with van der Waals surface area (Å²) in [6.07, 6.45) is -5.06. The van der Waals surface area contributed by atoms with Gasteiger partial charge in [-0.2, -0.15) is 22.8 Å². The molecule has 0 radical (unpaired) electrons. The highest BCUT2D eigenvalue weighted by molar-refractivity contribution is 7.93. The molecule has 1 aromatic carbocycles. The number of nitrogens with zero attached hydrogens (tertiary/aromatic N) is 4. The third-order valence-corrected chi connectivity index (χ3v) is 8.03. The standard InChI is InChI=1S/C26H29F5N6O3S.CH2O2/c1-15-18(14-32)20(26(29,30)31)35-21(37-11-6-9-25(27,28)10-12-37)19(15)22(38)34-16-7-5-8-17(13-16)41(4,40)36-23(39)24(2,3)33;2-1-3/h5,7-8,13H,6,9-12,33H2,1-4H3,(H,34,38);1H,(H,2,3)/t41-;/m1./s1. The quantitative estimate of drug-likeness (QED) is 0.310. The van der Waals surface area contributed by atoms with Gasteiger partial charge in [-0.1, -0.05) is 6.07 Å². The van der Waals surface area contributed by atoms with Crippen molar-refractivity contribution in [2.45, 2.75) is 62.6 Å². The summed E-state index contributed by atoms with van der Waals surface area (Å²) in [5.74, 6) is -5.31. The Morgan fingerprint density at radius 2 is 1.86 bits per heavy atom. The smallest absolute Gasteiger partial charge is 0.434 e. The molecule has 1 aromatic heterocycles. The van der Waals surface area contributed by atoms with Gasteiger partial charge in [-0.25, -0.2) is 18.0 Å². The van der Waals surface area contributed by atoms with E-state index in [1.165, 1.54) is 55.3 Å². The summed E-state index contributed by atoms with van der Waals surface area (Å²) in [7, 11) is -3.31. The van der Waals surface area contributed by atoms with Crippen LogP contribution < -0.4 is 16.0 Å². The molecule has 2 aromatic rings. The Labute approximate surface area is 250 Å². The first-order valence-electron chi connectivity index (χ1n) is 12.9. The number of carbonyl (C=O) groups excluding carboxylic acids is 2. The molecule has 0 saturated carbocycles. The Bertz CT molecular complexity index is 1590. The molecule has 1 aliphatic heterocycles. The van der Waals surface area contributed by atoms with Crippen molar-refractivity contribution in [3.63, 3.8) is 0 Å². The minimum atomic E-state index is -5.05. The highest BCUT2D eigenvalue weighted by Crippen LogP contribution is 2.38. The normalized spacial score (nSPS) is 16.2. The molecule has 11 nitrogen and oxygen atoms in total. The molecule has 2 heterocycles. The molecule has 0 spiro atoms. The highest BCUT2D eigenvalue weighted by Gasteiger charge is 2.40. The second-order valence-electron chi connectivity index (χ2n) is 10.5. The fourth-order valence-corrected chi connectivity index (χ4v) is 5.47. The third-order valence-electron chi connectivity index (χ3n) is 6.39. The van der Waals surface area contributed by atoms with Crippen molar-refractivity contribution in [3.05, 3.63) is 46.6 Å². The van der Waals surface area contributed by atoms with Crippen molar-refractivity contribution in [1.29, 1.82) is 5.26 Å². The largest absolute Gasteiger partial charge is 0.483 e. The lowest BCUT2D eigenvalue weighted by Crippen LogP contribution is -2.40. The Morgan fingerprint density at radius 1 is 1.25 bits per heavy atom. The lowest BCUT2D eigenvalue weighted by atomic mass is 10.00. The number of anilines is 2. The average molecular weight is 647 g/mol. The maximum Gasteiger partial charge on any atom is 0.434 e. The predicted octanol–water partition coefficient (Wildman–Crippen LogP) is 4.58.